The highest BCUT2D eigenvalue weighted by atomic mass is 35.5. The largest absolute Gasteiger partial charge is 0.324 e. The average Bonchev–Trinajstić information content (AvgIpc) is 2.99. The van der Waals surface area contributed by atoms with Gasteiger partial charge in [0, 0.05) is 11.3 Å². The molecule has 0 saturated carbocycles. The number of nitrogens with one attached hydrogen (secondary N) is 1. The van der Waals surface area contributed by atoms with E-state index in [1.54, 1.807) is 36.7 Å². The number of fused-ring (bicyclic) bond motifs is 1. The number of nitrogens with zero attached hydrogens (tertiary/aromatic N) is 4. The maximum atomic E-state index is 12.3. The van der Waals surface area contributed by atoms with E-state index in [0.29, 0.717) is 22.2 Å². The number of carbonyl (C=O) groups excluding carboxylic acids is 1. The summed E-state index contributed by atoms with van der Waals surface area (Å²) in [5, 5.41) is 16.5. The molecule has 0 bridgehead atoms. The van der Waals surface area contributed by atoms with Crippen LogP contribution in [0.25, 0.3) is 16.9 Å². The topological polar surface area (TPSA) is 83.1 Å². The first kappa shape index (κ1) is 16.9. The Bertz CT molecular complexity index is 1020. The number of anilines is 1. The number of nitriles is 1. The number of carbonyl (C=O) groups is 1. The lowest BCUT2D eigenvalue weighted by Gasteiger charge is -2.16. The van der Waals surface area contributed by atoms with Crippen LogP contribution in [-0.2, 0) is 4.79 Å². The van der Waals surface area contributed by atoms with Crippen LogP contribution < -0.4 is 5.32 Å². The number of amides is 1. The van der Waals surface area contributed by atoms with Crippen LogP contribution in [0.15, 0.2) is 36.5 Å². The Balaban J connectivity index is 1.98. The van der Waals surface area contributed by atoms with Crippen LogP contribution in [0.5, 0.6) is 0 Å². The molecule has 126 valence electrons. The second kappa shape index (κ2) is 6.19. The Kier molecular flexibility index (Phi) is 4.19. The molecular weight excluding hydrogens is 338 g/mol. The third-order valence-electron chi connectivity index (χ3n) is 3.92. The summed E-state index contributed by atoms with van der Waals surface area (Å²) in [6.45, 7) is 5.06. The summed E-state index contributed by atoms with van der Waals surface area (Å²) in [4.78, 5) is 16.8. The minimum atomic E-state index is -1.10. The minimum absolute atomic E-state index is 0.348. The van der Waals surface area contributed by atoms with Crippen molar-refractivity contribution in [2.45, 2.75) is 20.8 Å². The number of imidazole rings is 1. The molecule has 6 nitrogen and oxygen atoms in total. The van der Waals surface area contributed by atoms with Crippen molar-refractivity contribution in [1.29, 1.82) is 5.26 Å². The Morgan fingerprint density at radius 2 is 2.08 bits per heavy atom. The van der Waals surface area contributed by atoms with E-state index in [2.05, 4.69) is 15.4 Å². The maximum Gasteiger partial charge on any atom is 0.244 e. The lowest BCUT2D eigenvalue weighted by atomic mass is 9.94. The number of benzene rings is 1. The van der Waals surface area contributed by atoms with Gasteiger partial charge in [-0.05, 0) is 44.5 Å². The van der Waals surface area contributed by atoms with Gasteiger partial charge in [-0.15, -0.1) is 0 Å². The van der Waals surface area contributed by atoms with E-state index in [-0.39, 0.29) is 5.91 Å². The van der Waals surface area contributed by atoms with Crippen LogP contribution in [-0.4, -0.2) is 20.5 Å². The average molecular weight is 354 g/mol. The standard InChI is InChI=1S/C18H16ClN5O/c1-11-4-5-12(8-13(11)22-17(25)18(2,3)10-20)14-9-24-16(21-14)7-6-15(19)23-24/h4-9H,1-3H3,(H,22,25). The molecule has 25 heavy (non-hydrogen) atoms. The van der Waals surface area contributed by atoms with Crippen molar-refractivity contribution < 1.29 is 4.79 Å². The fraction of sp³-hybridized carbons (Fsp3) is 0.222. The van der Waals surface area contributed by atoms with Crippen LogP contribution in [0.3, 0.4) is 0 Å². The van der Waals surface area contributed by atoms with E-state index in [1.807, 2.05) is 31.2 Å². The Labute approximate surface area is 150 Å². The third kappa shape index (κ3) is 3.32. The predicted molar refractivity (Wildman–Crippen MR) is 96.2 cm³/mol. The monoisotopic (exact) mass is 353 g/mol. The van der Waals surface area contributed by atoms with Gasteiger partial charge in [0.15, 0.2) is 5.65 Å². The van der Waals surface area contributed by atoms with Gasteiger partial charge in [-0.25, -0.2) is 9.50 Å². The quantitative estimate of drug-likeness (QED) is 0.775. The fourth-order valence-electron chi connectivity index (χ4n) is 2.24. The van der Waals surface area contributed by atoms with Crippen LogP contribution in [0.2, 0.25) is 5.15 Å². The highest BCUT2D eigenvalue weighted by Crippen LogP contribution is 2.27. The summed E-state index contributed by atoms with van der Waals surface area (Å²) >= 11 is 5.90. The van der Waals surface area contributed by atoms with E-state index in [9.17, 15) is 4.79 Å². The van der Waals surface area contributed by atoms with Gasteiger partial charge in [-0.3, -0.25) is 4.79 Å². The Morgan fingerprint density at radius 1 is 1.32 bits per heavy atom. The van der Waals surface area contributed by atoms with Gasteiger partial charge in [-0.2, -0.15) is 10.4 Å². The maximum absolute atomic E-state index is 12.3. The van der Waals surface area contributed by atoms with Gasteiger partial charge < -0.3 is 5.32 Å². The zero-order valence-corrected chi connectivity index (χ0v) is 14.8. The first-order valence-corrected chi connectivity index (χ1v) is 8.03. The lowest BCUT2D eigenvalue weighted by molar-refractivity contribution is -0.121. The molecule has 0 aliphatic rings. The van der Waals surface area contributed by atoms with Crippen molar-refractivity contribution in [3.05, 3.63) is 47.2 Å². The van der Waals surface area contributed by atoms with Crippen LogP contribution in [0.1, 0.15) is 19.4 Å². The molecule has 1 aromatic carbocycles. The molecule has 3 rings (SSSR count). The molecule has 0 atom stereocenters. The van der Waals surface area contributed by atoms with Crippen molar-refractivity contribution in [2.24, 2.45) is 5.41 Å². The zero-order valence-electron chi connectivity index (χ0n) is 14.0. The normalized spacial score (nSPS) is 11.3. The van der Waals surface area contributed by atoms with E-state index >= 15 is 0 Å². The molecule has 0 aliphatic carbocycles. The number of aryl methyl sites for hydroxylation is 1. The summed E-state index contributed by atoms with van der Waals surface area (Å²) in [6.07, 6.45) is 1.77. The molecular formula is C18H16ClN5O. The molecule has 2 aromatic heterocycles. The van der Waals surface area contributed by atoms with Crippen molar-refractivity contribution >= 4 is 28.8 Å². The predicted octanol–water partition coefficient (Wildman–Crippen LogP) is 3.85. The second-order valence-corrected chi connectivity index (χ2v) is 6.69. The van der Waals surface area contributed by atoms with Crippen LogP contribution in [0.4, 0.5) is 5.69 Å². The van der Waals surface area contributed by atoms with Gasteiger partial charge in [0.1, 0.15) is 10.6 Å². The van der Waals surface area contributed by atoms with Crippen molar-refractivity contribution in [3.8, 4) is 17.3 Å². The molecule has 1 N–H and O–H groups in total. The molecule has 0 saturated heterocycles. The van der Waals surface area contributed by atoms with E-state index in [0.717, 1.165) is 11.1 Å². The molecule has 3 aromatic rings. The van der Waals surface area contributed by atoms with E-state index in [4.69, 9.17) is 16.9 Å². The number of halogens is 1. The van der Waals surface area contributed by atoms with Gasteiger partial charge in [-0.1, -0.05) is 23.7 Å². The van der Waals surface area contributed by atoms with Gasteiger partial charge in [0.2, 0.25) is 5.91 Å². The summed E-state index contributed by atoms with van der Waals surface area (Å²) in [5.74, 6) is -0.348. The first-order chi connectivity index (χ1) is 11.8. The number of rotatable bonds is 3. The summed E-state index contributed by atoms with van der Waals surface area (Å²) in [7, 11) is 0. The number of hydrogen-bond donors (Lipinski definition) is 1. The molecule has 7 heteroatoms. The van der Waals surface area contributed by atoms with Crippen molar-refractivity contribution in [3.63, 3.8) is 0 Å². The van der Waals surface area contributed by atoms with Crippen molar-refractivity contribution in [1.82, 2.24) is 14.6 Å². The second-order valence-electron chi connectivity index (χ2n) is 6.31. The van der Waals surface area contributed by atoms with Crippen LogP contribution in [0, 0.1) is 23.7 Å². The number of hydrogen-bond acceptors (Lipinski definition) is 4. The molecule has 0 spiro atoms. The molecule has 0 fully saturated rings. The SMILES string of the molecule is Cc1ccc(-c2cn3nc(Cl)ccc3n2)cc1NC(=O)C(C)(C)C#N. The van der Waals surface area contributed by atoms with E-state index < -0.39 is 5.41 Å². The highest BCUT2D eigenvalue weighted by Gasteiger charge is 2.27. The van der Waals surface area contributed by atoms with Crippen LogP contribution >= 0.6 is 11.6 Å². The molecule has 0 radical (unpaired) electrons. The molecule has 0 aliphatic heterocycles. The molecule has 0 unspecified atom stereocenters. The smallest absolute Gasteiger partial charge is 0.244 e. The minimum Gasteiger partial charge on any atom is -0.324 e. The van der Waals surface area contributed by atoms with E-state index in [1.165, 1.54) is 0 Å². The molecule has 2 heterocycles. The summed E-state index contributed by atoms with van der Waals surface area (Å²) in [5.41, 5.74) is 2.66. The zero-order chi connectivity index (χ0) is 18.2. The van der Waals surface area contributed by atoms with Gasteiger partial charge in [0.05, 0.1) is 18.0 Å². The summed E-state index contributed by atoms with van der Waals surface area (Å²) < 4.78 is 1.61. The Hall–Kier alpha value is -2.91. The third-order valence-corrected chi connectivity index (χ3v) is 4.12. The number of aromatic nitrogens is 3. The fourth-order valence-corrected chi connectivity index (χ4v) is 2.39. The first-order valence-electron chi connectivity index (χ1n) is 7.66. The highest BCUT2D eigenvalue weighted by molar-refractivity contribution is 6.29. The Morgan fingerprint density at radius 3 is 2.80 bits per heavy atom. The van der Waals surface area contributed by atoms with Gasteiger partial charge in [0.25, 0.3) is 0 Å². The van der Waals surface area contributed by atoms with Crippen molar-refractivity contribution in [2.75, 3.05) is 5.32 Å². The molecule has 1 amide bonds. The van der Waals surface area contributed by atoms with Gasteiger partial charge >= 0.3 is 0 Å². The summed E-state index contributed by atoms with van der Waals surface area (Å²) in [6, 6.07) is 11.1. The lowest BCUT2D eigenvalue weighted by Crippen LogP contribution is -2.29.